The van der Waals surface area contributed by atoms with Crippen molar-refractivity contribution in [3.05, 3.63) is 0 Å². The molecule has 0 spiro atoms. The Morgan fingerprint density at radius 1 is 1.56 bits per heavy atom. The van der Waals surface area contributed by atoms with Gasteiger partial charge in [-0.2, -0.15) is 0 Å². The van der Waals surface area contributed by atoms with E-state index in [-0.39, 0.29) is 18.5 Å². The Hall–Kier alpha value is -0.440. The fraction of sp³-hybridized carbons (Fsp3) is 0.800. The van der Waals surface area contributed by atoms with Crippen LogP contribution in [0.15, 0.2) is 0 Å². The molecular weight excluding hydrogens is 144 g/mol. The van der Waals surface area contributed by atoms with E-state index in [2.05, 4.69) is 4.74 Å². The van der Waals surface area contributed by atoms with E-state index in [1.807, 2.05) is 0 Å². The molecule has 0 atom stereocenters. The maximum atomic E-state index is 9.78. The van der Waals surface area contributed by atoms with Crippen LogP contribution in [-0.2, 0) is 4.74 Å². The first kappa shape index (κ1) is 8.56. The van der Waals surface area contributed by atoms with Gasteiger partial charge in [-0.1, -0.05) is 0 Å². The highest BCUT2D eigenvalue weighted by Crippen LogP contribution is 2.21. The van der Waals surface area contributed by atoms with Crippen molar-refractivity contribution in [1.82, 2.24) is 0 Å². The third-order valence-electron chi connectivity index (χ3n) is 1.32. The van der Waals surface area contributed by atoms with Gasteiger partial charge in [0, 0.05) is 0 Å². The van der Waals surface area contributed by atoms with Crippen molar-refractivity contribution in [2.75, 3.05) is 0 Å². The molecule has 0 saturated heterocycles. The van der Waals surface area contributed by atoms with Gasteiger partial charge in [0.1, 0.15) is 6.10 Å². The summed E-state index contributed by atoms with van der Waals surface area (Å²) in [6.45, 7) is 0. The molecule has 0 bridgehead atoms. The van der Waals surface area contributed by atoms with Gasteiger partial charge in [0.25, 0.3) is 0 Å². The second-order valence-corrected chi connectivity index (χ2v) is 1.94. The third kappa shape index (κ3) is 2.56. The van der Waals surface area contributed by atoms with Crippen LogP contribution in [0.5, 0.6) is 0 Å². The number of halogens is 1. The summed E-state index contributed by atoms with van der Waals surface area (Å²) in [5, 5.41) is 8.03. The quantitative estimate of drug-likeness (QED) is 0.582. The zero-order valence-corrected chi connectivity index (χ0v) is 5.69. The standard InChI is InChI=1S/C5H8O3.ClH/c6-5(7)8-4-2-1-3-4;/h4H,1-3H2,(H,6,7);1H. The van der Waals surface area contributed by atoms with Gasteiger partial charge in [0.2, 0.25) is 0 Å². The molecule has 1 rings (SSSR count). The molecule has 3 nitrogen and oxygen atoms in total. The average molecular weight is 153 g/mol. The maximum absolute atomic E-state index is 9.78. The molecule has 54 valence electrons. The van der Waals surface area contributed by atoms with E-state index in [1.165, 1.54) is 0 Å². The lowest BCUT2D eigenvalue weighted by molar-refractivity contribution is 0.0174. The number of carboxylic acid groups (broad SMARTS) is 1. The van der Waals surface area contributed by atoms with Crippen molar-refractivity contribution in [2.45, 2.75) is 25.4 Å². The summed E-state index contributed by atoms with van der Waals surface area (Å²) < 4.78 is 4.40. The van der Waals surface area contributed by atoms with Gasteiger partial charge in [-0.25, -0.2) is 4.79 Å². The summed E-state index contributed by atoms with van der Waals surface area (Å²) in [5.41, 5.74) is 0. The topological polar surface area (TPSA) is 46.5 Å². The first-order valence-corrected chi connectivity index (χ1v) is 2.68. The minimum Gasteiger partial charge on any atom is -0.450 e. The highest BCUT2D eigenvalue weighted by molar-refractivity contribution is 5.85. The fourth-order valence-electron chi connectivity index (χ4n) is 0.631. The van der Waals surface area contributed by atoms with Crippen molar-refractivity contribution in [1.29, 1.82) is 0 Å². The first-order chi connectivity index (χ1) is 3.79. The Labute approximate surface area is 59.4 Å². The van der Waals surface area contributed by atoms with Crippen LogP contribution in [0.3, 0.4) is 0 Å². The Morgan fingerprint density at radius 3 is 2.22 bits per heavy atom. The van der Waals surface area contributed by atoms with E-state index >= 15 is 0 Å². The predicted octanol–water partition coefficient (Wildman–Crippen LogP) is 1.66. The molecule has 0 amide bonds. The lowest BCUT2D eigenvalue weighted by atomic mass is 9.96. The van der Waals surface area contributed by atoms with E-state index in [9.17, 15) is 4.79 Å². The zero-order chi connectivity index (χ0) is 5.98. The maximum Gasteiger partial charge on any atom is 0.506 e. The molecule has 1 aliphatic rings. The van der Waals surface area contributed by atoms with Crippen LogP contribution in [0.2, 0.25) is 0 Å². The number of hydrogen-bond acceptors (Lipinski definition) is 2. The van der Waals surface area contributed by atoms with Gasteiger partial charge < -0.3 is 9.84 Å². The molecule has 1 aliphatic carbocycles. The van der Waals surface area contributed by atoms with E-state index in [0.717, 1.165) is 19.3 Å². The van der Waals surface area contributed by atoms with Gasteiger partial charge in [0.05, 0.1) is 0 Å². The minimum atomic E-state index is -1.14. The molecular formula is C5H9ClO3. The van der Waals surface area contributed by atoms with Crippen LogP contribution in [0.25, 0.3) is 0 Å². The molecule has 0 aromatic heterocycles. The molecule has 0 aromatic carbocycles. The van der Waals surface area contributed by atoms with E-state index < -0.39 is 6.16 Å². The molecule has 0 aliphatic heterocycles. The molecule has 4 heteroatoms. The lowest BCUT2D eigenvalue weighted by Crippen LogP contribution is -2.23. The zero-order valence-electron chi connectivity index (χ0n) is 4.87. The van der Waals surface area contributed by atoms with Crippen LogP contribution >= 0.6 is 12.4 Å². The number of ether oxygens (including phenoxy) is 1. The Kier molecular flexibility index (Phi) is 3.39. The molecule has 0 unspecified atom stereocenters. The van der Waals surface area contributed by atoms with Crippen molar-refractivity contribution >= 4 is 18.6 Å². The van der Waals surface area contributed by atoms with Crippen molar-refractivity contribution in [3.63, 3.8) is 0 Å². The van der Waals surface area contributed by atoms with Crippen LogP contribution in [0.1, 0.15) is 19.3 Å². The highest BCUT2D eigenvalue weighted by atomic mass is 35.5. The molecule has 1 N–H and O–H groups in total. The molecule has 0 radical (unpaired) electrons. The summed E-state index contributed by atoms with van der Waals surface area (Å²) in [7, 11) is 0. The fourth-order valence-corrected chi connectivity index (χ4v) is 0.631. The van der Waals surface area contributed by atoms with Crippen molar-refractivity contribution in [3.8, 4) is 0 Å². The van der Waals surface area contributed by atoms with Crippen molar-refractivity contribution in [2.24, 2.45) is 0 Å². The summed E-state index contributed by atoms with van der Waals surface area (Å²) in [4.78, 5) is 9.78. The Bertz CT molecular complexity index is 100. The molecule has 1 fully saturated rings. The van der Waals surface area contributed by atoms with Crippen LogP contribution < -0.4 is 0 Å². The Morgan fingerprint density at radius 2 is 2.11 bits per heavy atom. The second kappa shape index (κ2) is 3.56. The summed E-state index contributed by atoms with van der Waals surface area (Å²) in [5.74, 6) is 0. The van der Waals surface area contributed by atoms with Gasteiger partial charge in [-0.05, 0) is 19.3 Å². The largest absolute Gasteiger partial charge is 0.506 e. The molecule has 0 aromatic rings. The van der Waals surface area contributed by atoms with E-state index in [0.29, 0.717) is 0 Å². The van der Waals surface area contributed by atoms with Crippen LogP contribution in [-0.4, -0.2) is 17.4 Å². The number of hydrogen-bond donors (Lipinski definition) is 1. The molecule has 0 heterocycles. The summed E-state index contributed by atoms with van der Waals surface area (Å²) >= 11 is 0. The van der Waals surface area contributed by atoms with Crippen LogP contribution in [0, 0.1) is 0 Å². The van der Waals surface area contributed by atoms with Gasteiger partial charge in [-0.15, -0.1) is 12.4 Å². The number of rotatable bonds is 1. The predicted molar refractivity (Wildman–Crippen MR) is 34.0 cm³/mol. The Balaban J connectivity index is 0.000000640. The smallest absolute Gasteiger partial charge is 0.450 e. The van der Waals surface area contributed by atoms with Gasteiger partial charge in [-0.3, -0.25) is 0 Å². The number of carbonyl (C=O) groups is 1. The van der Waals surface area contributed by atoms with Gasteiger partial charge in [0.15, 0.2) is 0 Å². The summed E-state index contributed by atoms with van der Waals surface area (Å²) in [6, 6.07) is 0. The average Bonchev–Trinajstić information content (AvgIpc) is 1.55. The van der Waals surface area contributed by atoms with E-state index in [1.54, 1.807) is 0 Å². The monoisotopic (exact) mass is 152 g/mol. The molecule has 1 saturated carbocycles. The normalized spacial score (nSPS) is 17.3. The lowest BCUT2D eigenvalue weighted by Gasteiger charge is -2.22. The first-order valence-electron chi connectivity index (χ1n) is 2.68. The van der Waals surface area contributed by atoms with Crippen LogP contribution in [0.4, 0.5) is 4.79 Å². The van der Waals surface area contributed by atoms with E-state index in [4.69, 9.17) is 5.11 Å². The summed E-state index contributed by atoms with van der Waals surface area (Å²) in [6.07, 6.45) is 1.79. The molecule has 9 heavy (non-hydrogen) atoms. The third-order valence-corrected chi connectivity index (χ3v) is 1.32. The second-order valence-electron chi connectivity index (χ2n) is 1.94. The van der Waals surface area contributed by atoms with Gasteiger partial charge >= 0.3 is 6.16 Å². The SMILES string of the molecule is Cl.O=C(O)OC1CCC1. The minimum absolute atomic E-state index is 0. The highest BCUT2D eigenvalue weighted by Gasteiger charge is 2.20. The van der Waals surface area contributed by atoms with Crippen molar-refractivity contribution < 1.29 is 14.6 Å².